The molecule has 1 unspecified atom stereocenters. The van der Waals surface area contributed by atoms with Gasteiger partial charge < -0.3 is 15.1 Å². The van der Waals surface area contributed by atoms with Crippen LogP contribution in [0.3, 0.4) is 0 Å². The SMILES string of the molecule is Cc1ccccc1CN(C(=O)CN1C(=O)C(=O)c2ccccc21)C(C(=O)Nc1ccc(N(C)C)cc1)c1ccc(Cl)cc1. The van der Waals surface area contributed by atoms with Gasteiger partial charge in [0.1, 0.15) is 12.6 Å². The summed E-state index contributed by atoms with van der Waals surface area (Å²) in [7, 11) is 3.85. The van der Waals surface area contributed by atoms with Crippen molar-refractivity contribution in [3.8, 4) is 0 Å². The number of para-hydroxylation sites is 1. The lowest BCUT2D eigenvalue weighted by molar-refractivity contribution is -0.139. The molecule has 5 rings (SSSR count). The monoisotopic (exact) mass is 594 g/mol. The molecule has 0 aliphatic carbocycles. The van der Waals surface area contributed by atoms with Gasteiger partial charge in [-0.05, 0) is 72.1 Å². The molecule has 1 aliphatic heterocycles. The summed E-state index contributed by atoms with van der Waals surface area (Å²) in [6, 6.07) is 27.2. The van der Waals surface area contributed by atoms with Crippen LogP contribution >= 0.6 is 11.6 Å². The van der Waals surface area contributed by atoms with Crippen LogP contribution in [0.15, 0.2) is 97.1 Å². The van der Waals surface area contributed by atoms with Crippen LogP contribution in [0.1, 0.15) is 33.1 Å². The Hall–Kier alpha value is -4.95. The molecule has 43 heavy (non-hydrogen) atoms. The minimum atomic E-state index is -1.08. The zero-order chi connectivity index (χ0) is 30.7. The number of ketones is 1. The van der Waals surface area contributed by atoms with Gasteiger partial charge in [0.15, 0.2) is 0 Å². The number of hydrogen-bond acceptors (Lipinski definition) is 5. The number of benzene rings is 4. The second-order valence-electron chi connectivity index (χ2n) is 10.6. The molecule has 3 amide bonds. The smallest absolute Gasteiger partial charge is 0.299 e. The van der Waals surface area contributed by atoms with Crippen LogP contribution in [0.4, 0.5) is 17.1 Å². The van der Waals surface area contributed by atoms with Crippen molar-refractivity contribution in [2.45, 2.75) is 19.5 Å². The second-order valence-corrected chi connectivity index (χ2v) is 11.0. The molecule has 1 atom stereocenters. The van der Waals surface area contributed by atoms with Crippen LogP contribution in [-0.2, 0) is 20.9 Å². The first-order valence-electron chi connectivity index (χ1n) is 13.8. The zero-order valence-corrected chi connectivity index (χ0v) is 24.8. The van der Waals surface area contributed by atoms with Crippen molar-refractivity contribution in [3.05, 3.63) is 124 Å². The standard InChI is InChI=1S/C34H31ClN4O4/c1-22-8-4-5-9-24(22)20-39(30(40)21-38-29-11-7-6-10-28(29)32(41)34(38)43)31(23-12-14-25(35)15-13-23)33(42)36-26-16-18-27(19-17-26)37(2)3/h4-19,31H,20-21H2,1-3H3,(H,36,42). The molecule has 8 nitrogen and oxygen atoms in total. The van der Waals surface area contributed by atoms with E-state index in [4.69, 9.17) is 11.6 Å². The van der Waals surface area contributed by atoms with Crippen molar-refractivity contribution < 1.29 is 19.2 Å². The highest BCUT2D eigenvalue weighted by Crippen LogP contribution is 2.31. The first-order chi connectivity index (χ1) is 20.6. The van der Waals surface area contributed by atoms with E-state index in [9.17, 15) is 19.2 Å². The van der Waals surface area contributed by atoms with E-state index in [1.165, 1.54) is 9.80 Å². The minimum Gasteiger partial charge on any atom is -0.378 e. The van der Waals surface area contributed by atoms with E-state index in [1.54, 1.807) is 60.7 Å². The topological polar surface area (TPSA) is 90.0 Å². The number of aryl methyl sites for hydroxylation is 1. The molecule has 218 valence electrons. The van der Waals surface area contributed by atoms with Crippen LogP contribution in [-0.4, -0.2) is 49.0 Å². The normalized spacial score (nSPS) is 13.0. The van der Waals surface area contributed by atoms with Gasteiger partial charge in [-0.2, -0.15) is 0 Å². The number of carbonyl (C=O) groups excluding carboxylic acids is 4. The van der Waals surface area contributed by atoms with Crippen molar-refractivity contribution in [1.29, 1.82) is 0 Å². The molecule has 0 spiro atoms. The van der Waals surface area contributed by atoms with Crippen molar-refractivity contribution in [2.75, 3.05) is 35.8 Å². The van der Waals surface area contributed by atoms with Crippen LogP contribution < -0.4 is 15.1 Å². The molecule has 0 saturated heterocycles. The Bertz CT molecular complexity index is 1690. The molecule has 4 aromatic carbocycles. The highest BCUT2D eigenvalue weighted by Gasteiger charge is 2.39. The Kier molecular flexibility index (Phi) is 8.59. The molecule has 1 N–H and O–H groups in total. The lowest BCUT2D eigenvalue weighted by atomic mass is 10.0. The molecule has 4 aromatic rings. The van der Waals surface area contributed by atoms with Crippen LogP contribution in [0, 0.1) is 6.92 Å². The van der Waals surface area contributed by atoms with E-state index in [2.05, 4.69) is 5.32 Å². The number of carbonyl (C=O) groups is 4. The third-order valence-electron chi connectivity index (χ3n) is 7.49. The van der Waals surface area contributed by atoms with E-state index in [-0.39, 0.29) is 12.1 Å². The molecule has 1 aliphatic rings. The van der Waals surface area contributed by atoms with Gasteiger partial charge in [-0.15, -0.1) is 0 Å². The van der Waals surface area contributed by atoms with Crippen molar-refractivity contribution in [3.63, 3.8) is 0 Å². The zero-order valence-electron chi connectivity index (χ0n) is 24.1. The second kappa shape index (κ2) is 12.5. The maximum atomic E-state index is 14.2. The predicted octanol–water partition coefficient (Wildman–Crippen LogP) is 5.65. The van der Waals surface area contributed by atoms with E-state index >= 15 is 0 Å². The van der Waals surface area contributed by atoms with Crippen molar-refractivity contribution in [1.82, 2.24) is 4.90 Å². The summed E-state index contributed by atoms with van der Waals surface area (Å²) >= 11 is 6.19. The average molecular weight is 595 g/mol. The lowest BCUT2D eigenvalue weighted by Crippen LogP contribution is -2.46. The van der Waals surface area contributed by atoms with Gasteiger partial charge >= 0.3 is 0 Å². The Morgan fingerprint density at radius 2 is 1.51 bits per heavy atom. The molecular formula is C34H31ClN4O4. The van der Waals surface area contributed by atoms with Gasteiger partial charge in [0.2, 0.25) is 5.91 Å². The van der Waals surface area contributed by atoms with Gasteiger partial charge in [-0.25, -0.2) is 0 Å². The number of nitrogens with zero attached hydrogens (tertiary/aromatic N) is 3. The fraction of sp³-hybridized carbons (Fsp3) is 0.176. The Labute approximate surface area is 255 Å². The van der Waals surface area contributed by atoms with Gasteiger partial charge in [0.25, 0.3) is 17.6 Å². The highest BCUT2D eigenvalue weighted by molar-refractivity contribution is 6.52. The van der Waals surface area contributed by atoms with Gasteiger partial charge in [0, 0.05) is 37.0 Å². The number of amides is 3. The van der Waals surface area contributed by atoms with Crippen molar-refractivity contribution >= 4 is 52.2 Å². The number of Topliss-reactive ketones (excluding diaryl/α,β-unsaturated/α-hetero) is 1. The van der Waals surface area contributed by atoms with E-state index < -0.39 is 36.1 Å². The molecule has 1 heterocycles. The maximum Gasteiger partial charge on any atom is 0.299 e. The molecule has 0 aromatic heterocycles. The first-order valence-corrected chi connectivity index (χ1v) is 14.1. The number of fused-ring (bicyclic) bond motifs is 1. The van der Waals surface area contributed by atoms with Crippen LogP contribution in [0.2, 0.25) is 5.02 Å². The summed E-state index contributed by atoms with van der Waals surface area (Å²) in [5.41, 5.74) is 4.46. The van der Waals surface area contributed by atoms with Crippen LogP contribution in [0.5, 0.6) is 0 Å². The number of rotatable bonds is 9. The highest BCUT2D eigenvalue weighted by atomic mass is 35.5. The third-order valence-corrected chi connectivity index (χ3v) is 7.74. The molecule has 0 fully saturated rings. The number of halogens is 1. The summed E-state index contributed by atoms with van der Waals surface area (Å²) in [6.45, 7) is 1.60. The largest absolute Gasteiger partial charge is 0.378 e. The molecule has 9 heteroatoms. The molecule has 0 saturated carbocycles. The molecule has 0 bridgehead atoms. The maximum absolute atomic E-state index is 14.2. The summed E-state index contributed by atoms with van der Waals surface area (Å²) in [5, 5.41) is 3.45. The Morgan fingerprint density at radius 1 is 0.860 bits per heavy atom. The van der Waals surface area contributed by atoms with Gasteiger partial charge in [-0.1, -0.05) is 60.1 Å². The fourth-order valence-electron chi connectivity index (χ4n) is 5.10. The minimum absolute atomic E-state index is 0.0867. The van der Waals surface area contributed by atoms with E-state index in [1.807, 2.05) is 62.3 Å². The molecule has 0 radical (unpaired) electrons. The Balaban J connectivity index is 1.55. The summed E-state index contributed by atoms with van der Waals surface area (Å²) < 4.78 is 0. The number of nitrogens with one attached hydrogen (secondary N) is 1. The number of anilines is 3. The van der Waals surface area contributed by atoms with Crippen molar-refractivity contribution in [2.24, 2.45) is 0 Å². The predicted molar refractivity (Wildman–Crippen MR) is 168 cm³/mol. The lowest BCUT2D eigenvalue weighted by Gasteiger charge is -2.33. The Morgan fingerprint density at radius 3 is 2.19 bits per heavy atom. The quantitative estimate of drug-likeness (QED) is 0.253. The van der Waals surface area contributed by atoms with Gasteiger partial charge in [0.05, 0.1) is 11.3 Å². The molecular weight excluding hydrogens is 564 g/mol. The summed E-state index contributed by atoms with van der Waals surface area (Å²) in [6.07, 6.45) is 0. The van der Waals surface area contributed by atoms with Crippen LogP contribution in [0.25, 0.3) is 0 Å². The van der Waals surface area contributed by atoms with E-state index in [0.29, 0.717) is 22.0 Å². The van der Waals surface area contributed by atoms with E-state index in [0.717, 1.165) is 16.8 Å². The summed E-state index contributed by atoms with van der Waals surface area (Å²) in [5.74, 6) is -2.38. The number of hydrogen-bond donors (Lipinski definition) is 1. The van der Waals surface area contributed by atoms with Gasteiger partial charge in [-0.3, -0.25) is 24.1 Å². The summed E-state index contributed by atoms with van der Waals surface area (Å²) in [4.78, 5) is 58.6. The fourth-order valence-corrected chi connectivity index (χ4v) is 5.22. The average Bonchev–Trinajstić information content (AvgIpc) is 3.23. The first kappa shape index (κ1) is 29.5. The third kappa shape index (κ3) is 6.29.